The first-order valence-electron chi connectivity index (χ1n) is 9.29. The minimum atomic E-state index is -0.00460. The number of nitrogens with zero attached hydrogens (tertiary/aromatic N) is 2. The summed E-state index contributed by atoms with van der Waals surface area (Å²) in [5.41, 5.74) is 1.24. The van der Waals surface area contributed by atoms with Crippen molar-refractivity contribution in [3.8, 4) is 6.07 Å². The van der Waals surface area contributed by atoms with Crippen LogP contribution in [0.15, 0.2) is 24.3 Å². The van der Waals surface area contributed by atoms with Gasteiger partial charge in [0, 0.05) is 18.2 Å². The topological polar surface area (TPSA) is 56.1 Å². The predicted molar refractivity (Wildman–Crippen MR) is 94.7 cm³/mol. The van der Waals surface area contributed by atoms with Gasteiger partial charge in [0.2, 0.25) is 0 Å². The van der Waals surface area contributed by atoms with E-state index in [9.17, 15) is 4.79 Å². The average molecular weight is 325 g/mol. The number of hydrogen-bond donors (Lipinski definition) is 1. The lowest BCUT2D eigenvalue weighted by atomic mass is 9.83. The first-order chi connectivity index (χ1) is 11.8. The Hall–Kier alpha value is -1.86. The molecule has 1 aromatic rings. The molecule has 0 radical (unpaired) electrons. The molecule has 1 saturated carbocycles. The van der Waals surface area contributed by atoms with Crippen molar-refractivity contribution < 1.29 is 4.79 Å². The third-order valence-corrected chi connectivity index (χ3v) is 5.44. The van der Waals surface area contributed by atoms with Crippen LogP contribution in [0.5, 0.6) is 0 Å². The second-order valence-electron chi connectivity index (χ2n) is 7.17. The van der Waals surface area contributed by atoms with Crippen molar-refractivity contribution in [3.05, 3.63) is 35.4 Å². The molecule has 0 spiro atoms. The molecule has 0 aromatic heterocycles. The summed E-state index contributed by atoms with van der Waals surface area (Å²) in [5, 5.41) is 12.1. The monoisotopic (exact) mass is 325 g/mol. The van der Waals surface area contributed by atoms with Crippen LogP contribution in [0.4, 0.5) is 0 Å². The van der Waals surface area contributed by atoms with E-state index in [1.54, 1.807) is 24.3 Å². The van der Waals surface area contributed by atoms with Gasteiger partial charge in [0.1, 0.15) is 0 Å². The fourth-order valence-corrected chi connectivity index (χ4v) is 4.04. The van der Waals surface area contributed by atoms with E-state index >= 15 is 0 Å². The highest BCUT2D eigenvalue weighted by Crippen LogP contribution is 2.26. The van der Waals surface area contributed by atoms with Gasteiger partial charge in [0.05, 0.1) is 11.6 Å². The van der Waals surface area contributed by atoms with Gasteiger partial charge in [0.15, 0.2) is 0 Å². The van der Waals surface area contributed by atoms with Crippen molar-refractivity contribution in [1.82, 2.24) is 10.2 Å². The largest absolute Gasteiger partial charge is 0.349 e. The molecule has 24 heavy (non-hydrogen) atoms. The molecule has 1 heterocycles. The first-order valence-corrected chi connectivity index (χ1v) is 9.29. The number of hydrogen-bond acceptors (Lipinski definition) is 3. The highest BCUT2D eigenvalue weighted by Gasteiger charge is 2.28. The number of carbonyl (C=O) groups is 1. The van der Waals surface area contributed by atoms with E-state index < -0.39 is 0 Å². The van der Waals surface area contributed by atoms with E-state index in [1.807, 2.05) is 0 Å². The molecule has 1 saturated heterocycles. The molecule has 1 aliphatic heterocycles. The summed E-state index contributed by atoms with van der Waals surface area (Å²) in [6, 6.07) is 9.28. The summed E-state index contributed by atoms with van der Waals surface area (Å²) in [6.07, 6.45) is 8.77. The Bertz CT molecular complexity index is 584. The van der Waals surface area contributed by atoms with E-state index in [4.69, 9.17) is 5.26 Å². The summed E-state index contributed by atoms with van der Waals surface area (Å²) >= 11 is 0. The molecule has 2 aliphatic rings. The van der Waals surface area contributed by atoms with E-state index in [0.29, 0.717) is 17.0 Å². The normalized spacial score (nSPS) is 25.0. The van der Waals surface area contributed by atoms with E-state index in [-0.39, 0.29) is 11.9 Å². The van der Waals surface area contributed by atoms with Crippen LogP contribution in [0.1, 0.15) is 60.9 Å². The van der Waals surface area contributed by atoms with Crippen molar-refractivity contribution >= 4 is 5.91 Å². The number of likely N-dealkylation sites (tertiary alicyclic amines) is 1. The van der Waals surface area contributed by atoms with Gasteiger partial charge in [-0.2, -0.15) is 5.26 Å². The van der Waals surface area contributed by atoms with Gasteiger partial charge in [-0.1, -0.05) is 19.3 Å². The Balaban J connectivity index is 1.59. The minimum Gasteiger partial charge on any atom is -0.349 e. The summed E-state index contributed by atoms with van der Waals surface area (Å²) in [6.45, 7) is 3.55. The van der Waals surface area contributed by atoms with Gasteiger partial charge in [-0.3, -0.25) is 4.79 Å². The summed E-state index contributed by atoms with van der Waals surface area (Å²) in [5.74, 6) is 0.564. The number of nitrogens with one attached hydrogen (secondary N) is 1. The molecule has 1 aromatic carbocycles. The van der Waals surface area contributed by atoms with Crippen LogP contribution in [-0.2, 0) is 0 Å². The molecule has 1 aliphatic carbocycles. The Morgan fingerprint density at radius 3 is 2.50 bits per heavy atom. The third kappa shape index (κ3) is 4.36. The SMILES string of the molecule is N#Cc1ccc(C(=O)N[C@H]2CCCC[C@H]2CN2CCCCC2)cc1. The van der Waals surface area contributed by atoms with Crippen LogP contribution in [0, 0.1) is 17.2 Å². The zero-order valence-corrected chi connectivity index (χ0v) is 14.3. The zero-order chi connectivity index (χ0) is 16.8. The molecule has 0 bridgehead atoms. The van der Waals surface area contributed by atoms with E-state index in [0.717, 1.165) is 13.0 Å². The van der Waals surface area contributed by atoms with Crippen LogP contribution in [0.2, 0.25) is 0 Å². The minimum absolute atomic E-state index is 0.00460. The van der Waals surface area contributed by atoms with Gasteiger partial charge in [-0.15, -0.1) is 0 Å². The number of piperidine rings is 1. The molecule has 128 valence electrons. The third-order valence-electron chi connectivity index (χ3n) is 5.44. The van der Waals surface area contributed by atoms with Crippen molar-refractivity contribution in [1.29, 1.82) is 5.26 Å². The maximum Gasteiger partial charge on any atom is 0.251 e. The van der Waals surface area contributed by atoms with Crippen LogP contribution >= 0.6 is 0 Å². The Kier molecular flexibility index (Phi) is 5.87. The summed E-state index contributed by atoms with van der Waals surface area (Å²) in [4.78, 5) is 15.1. The van der Waals surface area contributed by atoms with Crippen LogP contribution in [0.25, 0.3) is 0 Å². The Morgan fingerprint density at radius 1 is 1.08 bits per heavy atom. The molecular weight excluding hydrogens is 298 g/mol. The van der Waals surface area contributed by atoms with E-state index in [2.05, 4.69) is 16.3 Å². The highest BCUT2D eigenvalue weighted by atomic mass is 16.1. The van der Waals surface area contributed by atoms with E-state index in [1.165, 1.54) is 51.6 Å². The lowest BCUT2D eigenvalue weighted by Gasteiger charge is -2.37. The van der Waals surface area contributed by atoms with Gasteiger partial charge in [-0.25, -0.2) is 0 Å². The average Bonchev–Trinajstić information content (AvgIpc) is 2.64. The van der Waals surface area contributed by atoms with Gasteiger partial charge < -0.3 is 10.2 Å². The standard InChI is InChI=1S/C20H27N3O/c21-14-16-8-10-17(11-9-16)20(24)22-19-7-3-2-6-18(19)15-23-12-4-1-5-13-23/h8-11,18-19H,1-7,12-13,15H2,(H,22,24)/t18-,19-/m0/s1. The quantitative estimate of drug-likeness (QED) is 0.924. The predicted octanol–water partition coefficient (Wildman–Crippen LogP) is 3.33. The maximum absolute atomic E-state index is 12.5. The maximum atomic E-state index is 12.5. The lowest BCUT2D eigenvalue weighted by molar-refractivity contribution is 0.0877. The van der Waals surface area contributed by atoms with Crippen LogP contribution in [0.3, 0.4) is 0 Å². The molecule has 4 heteroatoms. The molecule has 1 amide bonds. The second-order valence-corrected chi connectivity index (χ2v) is 7.17. The second kappa shape index (κ2) is 8.30. The lowest BCUT2D eigenvalue weighted by Crippen LogP contribution is -2.47. The van der Waals surface area contributed by atoms with Gasteiger partial charge in [0.25, 0.3) is 5.91 Å². The number of amides is 1. The van der Waals surface area contributed by atoms with Crippen molar-refractivity contribution in [2.24, 2.45) is 5.92 Å². The molecule has 2 fully saturated rings. The number of benzene rings is 1. The zero-order valence-electron chi connectivity index (χ0n) is 14.3. The molecule has 3 rings (SSSR count). The molecular formula is C20H27N3O. The summed E-state index contributed by atoms with van der Waals surface area (Å²) < 4.78 is 0. The van der Waals surface area contributed by atoms with Gasteiger partial charge >= 0.3 is 0 Å². The van der Waals surface area contributed by atoms with Crippen LogP contribution < -0.4 is 5.32 Å². The van der Waals surface area contributed by atoms with Crippen LogP contribution in [-0.4, -0.2) is 36.5 Å². The molecule has 2 atom stereocenters. The molecule has 1 N–H and O–H groups in total. The van der Waals surface area contributed by atoms with Gasteiger partial charge in [-0.05, 0) is 69.0 Å². The Labute approximate surface area is 144 Å². The fraction of sp³-hybridized carbons (Fsp3) is 0.600. The molecule has 0 unspecified atom stereocenters. The number of nitriles is 1. The summed E-state index contributed by atoms with van der Waals surface area (Å²) in [7, 11) is 0. The Morgan fingerprint density at radius 2 is 1.79 bits per heavy atom. The smallest absolute Gasteiger partial charge is 0.251 e. The fourth-order valence-electron chi connectivity index (χ4n) is 4.04. The van der Waals surface area contributed by atoms with Crippen molar-refractivity contribution in [3.63, 3.8) is 0 Å². The highest BCUT2D eigenvalue weighted by molar-refractivity contribution is 5.94. The van der Waals surface area contributed by atoms with Crippen molar-refractivity contribution in [2.45, 2.75) is 51.0 Å². The molecule has 4 nitrogen and oxygen atoms in total. The first kappa shape index (κ1) is 17.0. The van der Waals surface area contributed by atoms with Crippen molar-refractivity contribution in [2.75, 3.05) is 19.6 Å². The number of carbonyl (C=O) groups excluding carboxylic acids is 1. The number of rotatable bonds is 4.